The van der Waals surface area contributed by atoms with Crippen molar-refractivity contribution in [2.75, 3.05) is 0 Å². The molecule has 0 aliphatic rings. The number of nitro groups is 2. The fraction of sp³-hybridized carbons (Fsp3) is 0.0909. The monoisotopic (exact) mass is 502 g/mol. The Balaban J connectivity index is 1.58. The van der Waals surface area contributed by atoms with E-state index in [0.29, 0.717) is 0 Å². The molecule has 2 N–H and O–H groups in total. The first-order valence-corrected chi connectivity index (χ1v) is 10.4. The summed E-state index contributed by atoms with van der Waals surface area (Å²) < 4.78 is 0. The van der Waals surface area contributed by atoms with Gasteiger partial charge in [0.25, 0.3) is 23.2 Å². The summed E-state index contributed by atoms with van der Waals surface area (Å²) in [7, 11) is 0. The van der Waals surface area contributed by atoms with Crippen molar-refractivity contribution >= 4 is 46.4 Å². The van der Waals surface area contributed by atoms with Gasteiger partial charge in [0.15, 0.2) is 0 Å². The summed E-state index contributed by atoms with van der Waals surface area (Å²) >= 11 is 12.0. The Morgan fingerprint density at radius 3 is 1.35 bits per heavy atom. The van der Waals surface area contributed by atoms with E-state index in [9.17, 15) is 29.8 Å². The van der Waals surface area contributed by atoms with E-state index in [0.717, 1.165) is 23.3 Å². The Morgan fingerprint density at radius 2 is 1.03 bits per heavy atom. The molecule has 10 nitrogen and oxygen atoms in total. The molecule has 3 aromatic carbocycles. The fourth-order valence-electron chi connectivity index (χ4n) is 2.93. The summed E-state index contributed by atoms with van der Waals surface area (Å²) in [6, 6.07) is 14.2. The first-order valence-electron chi connectivity index (χ1n) is 9.68. The van der Waals surface area contributed by atoms with Crippen LogP contribution in [0.2, 0.25) is 10.0 Å². The lowest BCUT2D eigenvalue weighted by Gasteiger charge is -2.09. The molecule has 0 saturated heterocycles. The van der Waals surface area contributed by atoms with Crippen molar-refractivity contribution in [2.24, 2.45) is 0 Å². The van der Waals surface area contributed by atoms with E-state index in [1.54, 1.807) is 24.3 Å². The van der Waals surface area contributed by atoms with Crippen molar-refractivity contribution < 1.29 is 19.4 Å². The molecule has 0 aliphatic carbocycles. The summed E-state index contributed by atoms with van der Waals surface area (Å²) in [6.07, 6.45) is 0. The van der Waals surface area contributed by atoms with Gasteiger partial charge in [0.05, 0.1) is 31.0 Å². The molecule has 0 saturated carbocycles. The van der Waals surface area contributed by atoms with Gasteiger partial charge in [0.1, 0.15) is 0 Å². The molecule has 2 amide bonds. The largest absolute Gasteiger partial charge is 0.348 e. The van der Waals surface area contributed by atoms with Gasteiger partial charge in [-0.1, -0.05) is 47.5 Å². The van der Waals surface area contributed by atoms with Crippen LogP contribution in [-0.2, 0) is 13.1 Å². The van der Waals surface area contributed by atoms with Crippen LogP contribution in [0.15, 0.2) is 60.7 Å². The van der Waals surface area contributed by atoms with E-state index >= 15 is 0 Å². The van der Waals surface area contributed by atoms with Gasteiger partial charge in [-0.2, -0.15) is 0 Å². The number of nitrogens with one attached hydrogen (secondary N) is 2. The molecule has 174 valence electrons. The maximum atomic E-state index is 12.4. The molecular weight excluding hydrogens is 487 g/mol. The number of amides is 2. The Kier molecular flexibility index (Phi) is 7.77. The van der Waals surface area contributed by atoms with E-state index in [2.05, 4.69) is 10.6 Å². The molecule has 0 fully saturated rings. The van der Waals surface area contributed by atoms with Crippen LogP contribution in [-0.4, -0.2) is 21.7 Å². The highest BCUT2D eigenvalue weighted by Crippen LogP contribution is 2.23. The molecule has 0 aromatic heterocycles. The first-order chi connectivity index (χ1) is 16.2. The van der Waals surface area contributed by atoms with Crippen LogP contribution in [0.25, 0.3) is 0 Å². The molecule has 0 atom stereocenters. The maximum absolute atomic E-state index is 12.4. The maximum Gasteiger partial charge on any atom is 0.270 e. The van der Waals surface area contributed by atoms with Crippen LogP contribution < -0.4 is 10.6 Å². The summed E-state index contributed by atoms with van der Waals surface area (Å²) in [6.45, 7) is 0.293. The number of hydrogen-bond donors (Lipinski definition) is 2. The average molecular weight is 503 g/mol. The number of carbonyl (C=O) groups is 2. The van der Waals surface area contributed by atoms with Crippen LogP contribution in [0.1, 0.15) is 31.8 Å². The lowest BCUT2D eigenvalue weighted by atomic mass is 10.1. The minimum atomic E-state index is -0.613. The SMILES string of the molecule is O=C(NCc1ccc(CNC(=O)c2cc([N+](=O)[O-])ccc2Cl)cc1)c1cc([N+](=O)[O-])ccc1Cl. The number of non-ortho nitro benzene ring substituents is 2. The number of nitro benzene ring substituents is 2. The molecule has 0 unspecified atom stereocenters. The molecule has 0 spiro atoms. The predicted molar refractivity (Wildman–Crippen MR) is 125 cm³/mol. The number of rotatable bonds is 8. The predicted octanol–water partition coefficient (Wildman–Crippen LogP) is 4.67. The summed E-state index contributed by atoms with van der Waals surface area (Å²) in [5.41, 5.74) is 0.989. The summed E-state index contributed by atoms with van der Waals surface area (Å²) in [5, 5.41) is 27.3. The normalized spacial score (nSPS) is 10.4. The number of carbonyl (C=O) groups excluding carboxylic acids is 2. The van der Waals surface area contributed by atoms with Crippen molar-refractivity contribution in [3.63, 3.8) is 0 Å². The second kappa shape index (κ2) is 10.7. The van der Waals surface area contributed by atoms with Crippen molar-refractivity contribution in [2.45, 2.75) is 13.1 Å². The van der Waals surface area contributed by atoms with Gasteiger partial charge >= 0.3 is 0 Å². The Bertz CT molecular complexity index is 1180. The second-order valence-electron chi connectivity index (χ2n) is 7.02. The first kappa shape index (κ1) is 24.6. The third-order valence-electron chi connectivity index (χ3n) is 4.74. The van der Waals surface area contributed by atoms with Gasteiger partial charge in [-0.15, -0.1) is 0 Å². The fourth-order valence-corrected chi connectivity index (χ4v) is 3.34. The van der Waals surface area contributed by atoms with Gasteiger partial charge < -0.3 is 10.6 Å². The Labute approximate surface area is 202 Å². The third kappa shape index (κ3) is 6.06. The molecule has 3 aromatic rings. The number of hydrogen-bond acceptors (Lipinski definition) is 6. The quantitative estimate of drug-likeness (QED) is 0.338. The molecule has 3 rings (SSSR count). The minimum absolute atomic E-state index is 0.00462. The molecule has 34 heavy (non-hydrogen) atoms. The Hall–Kier alpha value is -4.02. The Morgan fingerprint density at radius 1 is 0.676 bits per heavy atom. The molecule has 12 heteroatoms. The zero-order valence-corrected chi connectivity index (χ0v) is 18.8. The smallest absolute Gasteiger partial charge is 0.270 e. The van der Waals surface area contributed by atoms with Gasteiger partial charge in [-0.3, -0.25) is 29.8 Å². The van der Waals surface area contributed by atoms with E-state index in [4.69, 9.17) is 23.2 Å². The van der Waals surface area contributed by atoms with Crippen molar-refractivity contribution in [3.8, 4) is 0 Å². The number of nitrogens with zero attached hydrogens (tertiary/aromatic N) is 2. The molecule has 0 heterocycles. The average Bonchev–Trinajstić information content (AvgIpc) is 2.81. The van der Waals surface area contributed by atoms with Crippen molar-refractivity contribution in [3.05, 3.63) is 113 Å². The van der Waals surface area contributed by atoms with Gasteiger partial charge in [-0.25, -0.2) is 0 Å². The van der Waals surface area contributed by atoms with E-state index in [-0.39, 0.29) is 45.6 Å². The van der Waals surface area contributed by atoms with Crippen molar-refractivity contribution in [1.82, 2.24) is 10.6 Å². The molecule has 0 bridgehead atoms. The van der Waals surface area contributed by atoms with Gasteiger partial charge in [0, 0.05) is 37.4 Å². The highest BCUT2D eigenvalue weighted by atomic mass is 35.5. The summed E-state index contributed by atoms with van der Waals surface area (Å²) in [4.78, 5) is 45.3. The van der Waals surface area contributed by atoms with Crippen LogP contribution in [0.5, 0.6) is 0 Å². The lowest BCUT2D eigenvalue weighted by Crippen LogP contribution is -2.24. The number of halogens is 2. The van der Waals surface area contributed by atoms with Crippen LogP contribution in [0, 0.1) is 20.2 Å². The molecular formula is C22H16Cl2N4O6. The van der Waals surface area contributed by atoms with E-state index in [1.807, 2.05) is 0 Å². The third-order valence-corrected chi connectivity index (χ3v) is 5.40. The van der Waals surface area contributed by atoms with Crippen LogP contribution in [0.4, 0.5) is 11.4 Å². The van der Waals surface area contributed by atoms with E-state index in [1.165, 1.54) is 24.3 Å². The van der Waals surface area contributed by atoms with E-state index < -0.39 is 21.7 Å². The molecule has 0 aliphatic heterocycles. The van der Waals surface area contributed by atoms with Gasteiger partial charge in [-0.05, 0) is 23.3 Å². The van der Waals surface area contributed by atoms with Crippen LogP contribution in [0.3, 0.4) is 0 Å². The summed E-state index contributed by atoms with van der Waals surface area (Å²) in [5.74, 6) is -1.11. The second-order valence-corrected chi connectivity index (χ2v) is 7.84. The number of benzene rings is 3. The highest BCUT2D eigenvalue weighted by Gasteiger charge is 2.17. The topological polar surface area (TPSA) is 144 Å². The van der Waals surface area contributed by atoms with Gasteiger partial charge in [0.2, 0.25) is 0 Å². The highest BCUT2D eigenvalue weighted by molar-refractivity contribution is 6.34. The van der Waals surface area contributed by atoms with Crippen molar-refractivity contribution in [1.29, 1.82) is 0 Å². The zero-order valence-electron chi connectivity index (χ0n) is 17.3. The molecule has 0 radical (unpaired) electrons. The zero-order chi connectivity index (χ0) is 24.8. The standard InChI is InChI=1S/C22H16Cl2N4O6/c23-19-7-5-15(27(31)32)9-17(19)21(29)25-11-13-1-2-14(4-3-13)12-26-22(30)18-10-16(28(33)34)6-8-20(18)24/h1-10H,11-12H2,(H,25,29)(H,26,30). The lowest BCUT2D eigenvalue weighted by molar-refractivity contribution is -0.385. The minimum Gasteiger partial charge on any atom is -0.348 e. The van der Waals surface area contributed by atoms with Crippen LogP contribution >= 0.6 is 23.2 Å².